The van der Waals surface area contributed by atoms with Crippen LogP contribution in [0.1, 0.15) is 35.9 Å². The van der Waals surface area contributed by atoms with Gasteiger partial charge in [-0.05, 0) is 5.92 Å². The lowest BCUT2D eigenvalue weighted by Gasteiger charge is -2.03. The van der Waals surface area contributed by atoms with Crippen LogP contribution < -0.4 is 4.72 Å². The summed E-state index contributed by atoms with van der Waals surface area (Å²) in [5.41, 5.74) is 1.44. The lowest BCUT2D eigenvalue weighted by atomic mass is 10.1. The minimum atomic E-state index is -4.02. The summed E-state index contributed by atoms with van der Waals surface area (Å²) in [5.74, 6) is -1.12. The molecule has 0 spiro atoms. The highest BCUT2D eigenvalue weighted by atomic mass is 32.2. The average Bonchev–Trinajstić information content (AvgIpc) is 2.95. The van der Waals surface area contributed by atoms with E-state index in [1.807, 2.05) is 13.8 Å². The molecule has 0 amide bonds. The maximum absolute atomic E-state index is 12.1. The first-order valence-electron chi connectivity index (χ1n) is 5.56. The molecule has 3 N–H and O–H groups in total. The van der Waals surface area contributed by atoms with Crippen LogP contribution in [0.2, 0.25) is 0 Å². The number of carboxylic acid groups (broad SMARTS) is 1. The maximum atomic E-state index is 12.1. The Balaban J connectivity index is 2.31. The van der Waals surface area contributed by atoms with Gasteiger partial charge in [0.1, 0.15) is 0 Å². The molecule has 0 atom stereocenters. The third-order valence-electron chi connectivity index (χ3n) is 2.44. The average molecular weight is 316 g/mol. The molecule has 0 saturated carbocycles. The molecular formula is C10H12N4O4S2. The topological polar surface area (TPSA) is 125 Å². The van der Waals surface area contributed by atoms with Crippen LogP contribution in [0.15, 0.2) is 15.8 Å². The van der Waals surface area contributed by atoms with Crippen molar-refractivity contribution in [2.24, 2.45) is 0 Å². The number of carboxylic acids is 1. The van der Waals surface area contributed by atoms with Crippen molar-refractivity contribution < 1.29 is 18.3 Å². The maximum Gasteiger partial charge on any atom is 0.356 e. The molecule has 2 heterocycles. The van der Waals surface area contributed by atoms with E-state index in [-0.39, 0.29) is 15.9 Å². The minimum Gasteiger partial charge on any atom is -0.476 e. The number of aromatic amines is 1. The molecule has 0 unspecified atom stereocenters. The molecule has 0 bridgehead atoms. The van der Waals surface area contributed by atoms with E-state index in [1.165, 1.54) is 5.51 Å². The largest absolute Gasteiger partial charge is 0.476 e. The Labute approximate surface area is 118 Å². The van der Waals surface area contributed by atoms with Crippen LogP contribution in [0.25, 0.3) is 0 Å². The Kier molecular flexibility index (Phi) is 3.77. The highest BCUT2D eigenvalue weighted by molar-refractivity contribution is 7.94. The van der Waals surface area contributed by atoms with Gasteiger partial charge in [0, 0.05) is 11.8 Å². The van der Waals surface area contributed by atoms with E-state index in [1.54, 1.807) is 6.07 Å². The van der Waals surface area contributed by atoms with Crippen LogP contribution in [0.3, 0.4) is 0 Å². The van der Waals surface area contributed by atoms with Crippen molar-refractivity contribution in [1.29, 1.82) is 0 Å². The molecule has 0 aliphatic heterocycles. The summed E-state index contributed by atoms with van der Waals surface area (Å²) in [6, 6.07) is 1.56. The van der Waals surface area contributed by atoms with Gasteiger partial charge in [-0.3, -0.25) is 9.82 Å². The second-order valence-electron chi connectivity index (χ2n) is 4.26. The molecule has 0 aromatic carbocycles. The Hall–Kier alpha value is -1.94. The number of aromatic nitrogens is 3. The van der Waals surface area contributed by atoms with E-state index in [4.69, 9.17) is 5.11 Å². The molecule has 2 aromatic heterocycles. The highest BCUT2D eigenvalue weighted by Crippen LogP contribution is 2.23. The molecule has 8 nitrogen and oxygen atoms in total. The van der Waals surface area contributed by atoms with E-state index in [0.29, 0.717) is 0 Å². The number of hydrogen-bond donors (Lipinski definition) is 3. The summed E-state index contributed by atoms with van der Waals surface area (Å²) in [4.78, 5) is 14.4. The predicted molar refractivity (Wildman–Crippen MR) is 72.6 cm³/mol. The predicted octanol–water partition coefficient (Wildman–Crippen LogP) is 1.49. The SMILES string of the molecule is CC(C)c1cc(NS(=O)(=O)c2scnc2C(=O)O)n[nH]1. The van der Waals surface area contributed by atoms with Gasteiger partial charge in [0.15, 0.2) is 15.7 Å². The van der Waals surface area contributed by atoms with Crippen LogP contribution in [-0.2, 0) is 10.0 Å². The molecule has 0 aliphatic rings. The third-order valence-corrected chi connectivity index (χ3v) is 5.16. The van der Waals surface area contributed by atoms with Gasteiger partial charge in [-0.1, -0.05) is 13.8 Å². The first-order chi connectivity index (χ1) is 9.31. The van der Waals surface area contributed by atoms with Crippen molar-refractivity contribution in [1.82, 2.24) is 15.2 Å². The molecule has 108 valence electrons. The van der Waals surface area contributed by atoms with Crippen molar-refractivity contribution in [2.75, 3.05) is 4.72 Å². The molecule has 2 rings (SSSR count). The standard InChI is InChI=1S/C10H12N4O4S2/c1-5(2)6-3-7(13-12-6)14-20(17,18)10-8(9(15)16)11-4-19-10/h3-5H,1-2H3,(H,15,16)(H2,12,13,14). The van der Waals surface area contributed by atoms with E-state index >= 15 is 0 Å². The van der Waals surface area contributed by atoms with Gasteiger partial charge in [0.25, 0.3) is 10.0 Å². The molecule has 0 saturated heterocycles. The summed E-state index contributed by atoms with van der Waals surface area (Å²) in [6.45, 7) is 3.86. The van der Waals surface area contributed by atoms with Crippen LogP contribution in [0.4, 0.5) is 5.82 Å². The van der Waals surface area contributed by atoms with Gasteiger partial charge in [-0.2, -0.15) is 5.10 Å². The number of rotatable bonds is 5. The van der Waals surface area contributed by atoms with Crippen LogP contribution in [-0.4, -0.2) is 34.7 Å². The van der Waals surface area contributed by atoms with E-state index in [2.05, 4.69) is 19.9 Å². The summed E-state index contributed by atoms with van der Waals surface area (Å²) >= 11 is 0.737. The third kappa shape index (κ3) is 2.80. The van der Waals surface area contributed by atoms with Crippen LogP contribution in [0, 0.1) is 0 Å². The van der Waals surface area contributed by atoms with E-state index in [9.17, 15) is 13.2 Å². The van der Waals surface area contributed by atoms with Gasteiger partial charge < -0.3 is 5.11 Å². The molecule has 2 aromatic rings. The van der Waals surface area contributed by atoms with Gasteiger partial charge in [0.2, 0.25) is 0 Å². The normalized spacial score (nSPS) is 11.8. The quantitative estimate of drug-likeness (QED) is 0.767. The summed E-state index contributed by atoms with van der Waals surface area (Å²) < 4.78 is 26.1. The minimum absolute atomic E-state index is 0.110. The first-order valence-corrected chi connectivity index (χ1v) is 7.92. The smallest absolute Gasteiger partial charge is 0.356 e. The number of sulfonamides is 1. The number of nitrogens with zero attached hydrogens (tertiary/aromatic N) is 2. The fraction of sp³-hybridized carbons (Fsp3) is 0.300. The van der Waals surface area contributed by atoms with Crippen molar-refractivity contribution in [3.63, 3.8) is 0 Å². The number of aromatic carboxylic acids is 1. The summed E-state index contributed by atoms with van der Waals surface area (Å²) in [6.07, 6.45) is 0. The lowest BCUT2D eigenvalue weighted by Crippen LogP contribution is -2.15. The molecule has 0 fully saturated rings. The zero-order valence-corrected chi connectivity index (χ0v) is 12.2. The second kappa shape index (κ2) is 5.21. The second-order valence-corrected chi connectivity index (χ2v) is 6.99. The van der Waals surface area contributed by atoms with Gasteiger partial charge in [0.05, 0.1) is 5.51 Å². The zero-order chi connectivity index (χ0) is 14.9. The van der Waals surface area contributed by atoms with E-state index < -0.39 is 21.7 Å². The number of carbonyl (C=O) groups is 1. The highest BCUT2D eigenvalue weighted by Gasteiger charge is 2.26. The molecule has 0 radical (unpaired) electrons. The van der Waals surface area contributed by atoms with Crippen molar-refractivity contribution in [3.8, 4) is 0 Å². The summed E-state index contributed by atoms with van der Waals surface area (Å²) in [5, 5.41) is 15.4. The number of nitrogens with one attached hydrogen (secondary N) is 2. The number of H-pyrrole nitrogens is 1. The van der Waals surface area contributed by atoms with E-state index in [0.717, 1.165) is 17.0 Å². The number of hydrogen-bond acceptors (Lipinski definition) is 6. The molecule has 20 heavy (non-hydrogen) atoms. The number of anilines is 1. The first kappa shape index (κ1) is 14.5. The molecular weight excluding hydrogens is 304 g/mol. The van der Waals surface area contributed by atoms with Crippen molar-refractivity contribution in [2.45, 2.75) is 24.0 Å². The Bertz CT molecular complexity index is 732. The lowest BCUT2D eigenvalue weighted by molar-refractivity contribution is 0.0687. The fourth-order valence-electron chi connectivity index (χ4n) is 1.44. The number of thiazole rings is 1. The Morgan fingerprint density at radius 1 is 1.50 bits per heavy atom. The van der Waals surface area contributed by atoms with Gasteiger partial charge >= 0.3 is 5.97 Å². The summed E-state index contributed by atoms with van der Waals surface area (Å²) in [7, 11) is -4.02. The van der Waals surface area contributed by atoms with Gasteiger partial charge in [-0.15, -0.1) is 11.3 Å². The molecule has 0 aliphatic carbocycles. The Morgan fingerprint density at radius 2 is 2.20 bits per heavy atom. The van der Waals surface area contributed by atoms with Crippen molar-refractivity contribution >= 4 is 33.1 Å². The molecule has 10 heteroatoms. The van der Waals surface area contributed by atoms with Crippen molar-refractivity contribution in [3.05, 3.63) is 23.0 Å². The van der Waals surface area contributed by atoms with Gasteiger partial charge in [-0.25, -0.2) is 18.2 Å². The monoisotopic (exact) mass is 316 g/mol. The Morgan fingerprint density at radius 3 is 2.75 bits per heavy atom. The van der Waals surface area contributed by atoms with Crippen LogP contribution >= 0.6 is 11.3 Å². The van der Waals surface area contributed by atoms with Crippen LogP contribution in [0.5, 0.6) is 0 Å². The zero-order valence-electron chi connectivity index (χ0n) is 10.6. The fourth-order valence-corrected chi connectivity index (χ4v) is 3.57.